The molecule has 1 aliphatic rings. The van der Waals surface area contributed by atoms with E-state index in [0.717, 1.165) is 18.0 Å². The maximum absolute atomic E-state index is 10.9. The molecule has 19 heavy (non-hydrogen) atoms. The number of furan rings is 1. The number of carbonyl (C=O) groups is 1. The molecule has 0 atom stereocenters. The lowest BCUT2D eigenvalue weighted by Crippen LogP contribution is -2.24. The van der Waals surface area contributed by atoms with Gasteiger partial charge in [0.2, 0.25) is 0 Å². The van der Waals surface area contributed by atoms with Crippen LogP contribution in [0, 0.1) is 0 Å². The first-order valence-electron chi connectivity index (χ1n) is 6.28. The number of nitrogens with zero attached hydrogens (tertiary/aromatic N) is 1. The van der Waals surface area contributed by atoms with Crippen molar-refractivity contribution in [1.29, 1.82) is 0 Å². The molecule has 0 saturated heterocycles. The van der Waals surface area contributed by atoms with Gasteiger partial charge in [0, 0.05) is 35.0 Å². The third-order valence-electron chi connectivity index (χ3n) is 3.29. The molecule has 2 aromatic rings. The van der Waals surface area contributed by atoms with Crippen molar-refractivity contribution in [2.45, 2.75) is 32.0 Å². The van der Waals surface area contributed by atoms with Crippen LogP contribution < -0.4 is 0 Å². The summed E-state index contributed by atoms with van der Waals surface area (Å²) in [6.45, 7) is 1.68. The van der Waals surface area contributed by atoms with Gasteiger partial charge >= 0.3 is 5.97 Å². The minimum absolute atomic E-state index is 0.388. The van der Waals surface area contributed by atoms with E-state index in [-0.39, 0.29) is 0 Å². The molecule has 0 unspecified atom stereocenters. The summed E-state index contributed by atoms with van der Waals surface area (Å²) < 4.78 is 5.10. The van der Waals surface area contributed by atoms with Crippen LogP contribution in [0.15, 0.2) is 34.5 Å². The van der Waals surface area contributed by atoms with E-state index in [9.17, 15) is 4.79 Å². The van der Waals surface area contributed by atoms with Gasteiger partial charge in [-0.25, -0.2) is 4.79 Å². The number of hydrogen-bond acceptors (Lipinski definition) is 4. The van der Waals surface area contributed by atoms with E-state index >= 15 is 0 Å². The maximum atomic E-state index is 10.9. The molecule has 2 heterocycles. The first-order chi connectivity index (χ1) is 9.22. The molecule has 1 saturated carbocycles. The van der Waals surface area contributed by atoms with Gasteiger partial charge in [0.15, 0.2) is 0 Å². The van der Waals surface area contributed by atoms with E-state index in [1.165, 1.54) is 29.7 Å². The molecular weight excluding hydrogens is 262 g/mol. The topological polar surface area (TPSA) is 53.7 Å². The minimum atomic E-state index is -0.852. The Morgan fingerprint density at radius 3 is 2.89 bits per heavy atom. The van der Waals surface area contributed by atoms with E-state index in [4.69, 9.17) is 9.52 Å². The molecular formula is C14H15NO3S. The summed E-state index contributed by atoms with van der Waals surface area (Å²) in [6, 6.07) is 4.38. The highest BCUT2D eigenvalue weighted by Gasteiger charge is 2.29. The SMILES string of the molecule is O=C(O)c1csc(CN(Cc2ccoc2)C2CC2)c1. The zero-order valence-corrected chi connectivity index (χ0v) is 11.2. The van der Waals surface area contributed by atoms with Gasteiger partial charge in [-0.05, 0) is 25.0 Å². The summed E-state index contributed by atoms with van der Waals surface area (Å²) in [5.74, 6) is -0.852. The van der Waals surface area contributed by atoms with Crippen molar-refractivity contribution < 1.29 is 14.3 Å². The Bertz CT molecular complexity index is 557. The summed E-state index contributed by atoms with van der Waals surface area (Å²) in [5, 5.41) is 10.7. The Morgan fingerprint density at radius 1 is 1.47 bits per heavy atom. The summed E-state index contributed by atoms with van der Waals surface area (Å²) in [4.78, 5) is 14.4. The number of rotatable bonds is 6. The molecule has 4 nitrogen and oxygen atoms in total. The average molecular weight is 277 g/mol. The lowest BCUT2D eigenvalue weighted by molar-refractivity contribution is 0.0697. The monoisotopic (exact) mass is 277 g/mol. The largest absolute Gasteiger partial charge is 0.478 e. The molecule has 1 aliphatic carbocycles. The third kappa shape index (κ3) is 3.05. The van der Waals surface area contributed by atoms with Crippen LogP contribution in [0.2, 0.25) is 0 Å². The average Bonchev–Trinajstić information content (AvgIpc) is 2.90. The van der Waals surface area contributed by atoms with Crippen molar-refractivity contribution in [2.75, 3.05) is 0 Å². The quantitative estimate of drug-likeness (QED) is 0.881. The van der Waals surface area contributed by atoms with E-state index in [2.05, 4.69) is 4.90 Å². The second-order valence-corrected chi connectivity index (χ2v) is 5.87. The van der Waals surface area contributed by atoms with Gasteiger partial charge in [-0.3, -0.25) is 4.90 Å². The standard InChI is InChI=1S/C14H15NO3S/c16-14(17)11-5-13(19-9-11)7-15(12-1-2-12)6-10-3-4-18-8-10/h3-5,8-9,12H,1-2,6-7H2,(H,16,17). The lowest BCUT2D eigenvalue weighted by atomic mass is 10.2. The highest BCUT2D eigenvalue weighted by Crippen LogP contribution is 2.31. The number of carboxylic acid groups (broad SMARTS) is 1. The Balaban J connectivity index is 1.68. The molecule has 100 valence electrons. The predicted octanol–water partition coefficient (Wildman–Crippen LogP) is 3.20. The van der Waals surface area contributed by atoms with Crippen LogP contribution in [0.4, 0.5) is 0 Å². The fourth-order valence-corrected chi connectivity index (χ4v) is 3.03. The normalized spacial score (nSPS) is 15.0. The Hall–Kier alpha value is -1.59. The number of carboxylic acids is 1. The van der Waals surface area contributed by atoms with Crippen molar-refractivity contribution in [3.8, 4) is 0 Å². The van der Waals surface area contributed by atoms with Crippen LogP contribution in [-0.2, 0) is 13.1 Å². The Kier molecular flexibility index (Phi) is 3.40. The molecule has 1 fully saturated rings. The molecule has 3 rings (SSSR count). The summed E-state index contributed by atoms with van der Waals surface area (Å²) >= 11 is 1.52. The first-order valence-corrected chi connectivity index (χ1v) is 7.16. The predicted molar refractivity (Wildman–Crippen MR) is 72.3 cm³/mol. The highest BCUT2D eigenvalue weighted by molar-refractivity contribution is 7.10. The summed E-state index contributed by atoms with van der Waals surface area (Å²) in [6.07, 6.45) is 5.92. The van der Waals surface area contributed by atoms with Crippen LogP contribution in [0.5, 0.6) is 0 Å². The molecule has 0 aromatic carbocycles. The second kappa shape index (κ2) is 5.19. The molecule has 0 amide bonds. The third-order valence-corrected chi connectivity index (χ3v) is 4.21. The van der Waals surface area contributed by atoms with Gasteiger partial charge < -0.3 is 9.52 Å². The Labute approximate surface area is 115 Å². The molecule has 0 bridgehead atoms. The van der Waals surface area contributed by atoms with Gasteiger partial charge in [0.05, 0.1) is 18.1 Å². The van der Waals surface area contributed by atoms with Crippen molar-refractivity contribution in [3.05, 3.63) is 46.0 Å². The van der Waals surface area contributed by atoms with E-state index in [1.54, 1.807) is 24.0 Å². The molecule has 0 spiro atoms. The molecule has 0 radical (unpaired) electrons. The van der Waals surface area contributed by atoms with Gasteiger partial charge in [0.1, 0.15) is 0 Å². The van der Waals surface area contributed by atoms with E-state index in [0.29, 0.717) is 11.6 Å². The van der Waals surface area contributed by atoms with Crippen LogP contribution in [0.3, 0.4) is 0 Å². The first kappa shape index (κ1) is 12.4. The van der Waals surface area contributed by atoms with Gasteiger partial charge in [0.25, 0.3) is 0 Å². The summed E-state index contributed by atoms with van der Waals surface area (Å²) in [5.41, 5.74) is 1.56. The van der Waals surface area contributed by atoms with Crippen molar-refractivity contribution in [3.63, 3.8) is 0 Å². The smallest absolute Gasteiger partial charge is 0.336 e. The molecule has 5 heteroatoms. The van der Waals surface area contributed by atoms with Crippen molar-refractivity contribution in [1.82, 2.24) is 4.90 Å². The number of thiophene rings is 1. The van der Waals surface area contributed by atoms with E-state index < -0.39 is 5.97 Å². The summed E-state index contributed by atoms with van der Waals surface area (Å²) in [7, 11) is 0. The Morgan fingerprint density at radius 2 is 2.32 bits per heavy atom. The van der Waals surface area contributed by atoms with Crippen LogP contribution >= 0.6 is 11.3 Å². The van der Waals surface area contributed by atoms with Crippen molar-refractivity contribution >= 4 is 17.3 Å². The highest BCUT2D eigenvalue weighted by atomic mass is 32.1. The fourth-order valence-electron chi connectivity index (χ4n) is 2.15. The van der Waals surface area contributed by atoms with E-state index in [1.807, 2.05) is 6.07 Å². The molecule has 0 aliphatic heterocycles. The van der Waals surface area contributed by atoms with Crippen molar-refractivity contribution in [2.24, 2.45) is 0 Å². The van der Waals surface area contributed by atoms with Crippen LogP contribution in [0.1, 0.15) is 33.6 Å². The minimum Gasteiger partial charge on any atom is -0.478 e. The maximum Gasteiger partial charge on any atom is 0.336 e. The van der Waals surface area contributed by atoms with Crippen LogP contribution in [-0.4, -0.2) is 22.0 Å². The van der Waals surface area contributed by atoms with Gasteiger partial charge in [-0.1, -0.05) is 0 Å². The fraction of sp³-hybridized carbons (Fsp3) is 0.357. The van der Waals surface area contributed by atoms with Crippen LogP contribution in [0.25, 0.3) is 0 Å². The molecule has 1 N–H and O–H groups in total. The second-order valence-electron chi connectivity index (χ2n) is 4.87. The van der Waals surface area contributed by atoms with Gasteiger partial charge in [-0.15, -0.1) is 11.3 Å². The number of aromatic carboxylic acids is 1. The number of hydrogen-bond donors (Lipinski definition) is 1. The zero-order chi connectivity index (χ0) is 13.2. The lowest BCUT2D eigenvalue weighted by Gasteiger charge is -2.20. The molecule has 2 aromatic heterocycles. The zero-order valence-electron chi connectivity index (χ0n) is 10.4. The van der Waals surface area contributed by atoms with Gasteiger partial charge in [-0.2, -0.15) is 0 Å².